The van der Waals surface area contributed by atoms with Crippen molar-refractivity contribution in [3.05, 3.63) is 108 Å². The van der Waals surface area contributed by atoms with Gasteiger partial charge in [0, 0.05) is 19.5 Å². The summed E-state index contributed by atoms with van der Waals surface area (Å²) in [5, 5.41) is 5.81. The largest absolute Gasteiger partial charge is 0.378 e. The molecule has 0 aromatic heterocycles. The third kappa shape index (κ3) is 22.1. The van der Waals surface area contributed by atoms with Crippen molar-refractivity contribution in [1.82, 2.24) is 10.6 Å². The molecule has 0 radical (unpaired) electrons. The zero-order chi connectivity index (χ0) is 32.1. The van der Waals surface area contributed by atoms with Gasteiger partial charge in [-0.25, -0.2) is 0 Å². The van der Waals surface area contributed by atoms with E-state index in [4.69, 9.17) is 4.74 Å². The second-order valence-electron chi connectivity index (χ2n) is 11.3. The average Bonchev–Trinajstić information content (AvgIpc) is 3.01. The highest BCUT2D eigenvalue weighted by atomic mass is 16.5. The van der Waals surface area contributed by atoms with Gasteiger partial charge in [0.15, 0.2) is 0 Å². The van der Waals surface area contributed by atoms with Crippen LogP contribution in [-0.4, -0.2) is 38.1 Å². The highest BCUT2D eigenvalue weighted by Crippen LogP contribution is 2.17. The van der Waals surface area contributed by atoms with Crippen molar-refractivity contribution in [2.75, 3.05) is 26.3 Å². The normalized spacial score (nSPS) is 13.1. The molecule has 0 saturated carbocycles. The predicted octanol–water partition coefficient (Wildman–Crippen LogP) is 8.72. The molecule has 0 saturated heterocycles. The van der Waals surface area contributed by atoms with Crippen LogP contribution in [0.25, 0.3) is 0 Å². The summed E-state index contributed by atoms with van der Waals surface area (Å²) in [7, 11) is 0. The number of hydrogen-bond acceptors (Lipinski definition) is 3. The second-order valence-corrected chi connectivity index (χ2v) is 11.3. The molecule has 5 nitrogen and oxygen atoms in total. The Labute approximate surface area is 268 Å². The van der Waals surface area contributed by atoms with E-state index >= 15 is 0 Å². The smallest absolute Gasteiger partial charge is 0.227 e. The number of nitrogens with one attached hydrogen (secondary N) is 2. The van der Waals surface area contributed by atoms with E-state index in [-0.39, 0.29) is 17.7 Å². The minimum absolute atomic E-state index is 0.00656. The number of benzene rings is 1. The van der Waals surface area contributed by atoms with Gasteiger partial charge in [0.05, 0.1) is 19.1 Å². The first-order valence-corrected chi connectivity index (χ1v) is 16.5. The lowest BCUT2D eigenvalue weighted by atomic mass is 9.96. The standard InChI is InChI=1S/C39H58N2O3/c1-5-6-7-8-9-10-11-12-13-14-15-16-17-18-19-20-21-22-23-24-38(42)40-29-31-44-32-30-41-39(43)35(4)37-27-25-36(26-28-37)33-34(2)3/h6-7,9-10,12-13,15-16,18-19,21-22,25-28,34-35H,5,8,11,14,17,20,23-24,29-33H2,1-4H3,(H,40,42)(H,41,43)/b7-6-,10-9-,13-12-,16-15-,19-18-,22-21-. The third-order valence-electron chi connectivity index (χ3n) is 6.77. The first kappa shape index (κ1) is 38.6. The summed E-state index contributed by atoms with van der Waals surface area (Å²) < 4.78 is 5.55. The molecule has 0 aliphatic rings. The highest BCUT2D eigenvalue weighted by molar-refractivity contribution is 5.83. The van der Waals surface area contributed by atoms with Crippen LogP contribution in [0.3, 0.4) is 0 Å². The molecule has 5 heteroatoms. The summed E-state index contributed by atoms with van der Waals surface area (Å²) in [5.41, 5.74) is 2.31. The molecule has 1 atom stereocenters. The Bertz CT molecular complexity index is 1060. The first-order valence-electron chi connectivity index (χ1n) is 16.5. The van der Waals surface area contributed by atoms with Gasteiger partial charge in [-0.1, -0.05) is 118 Å². The SMILES string of the molecule is CC/C=C\C/C=C\C/C=C\C/C=C\C/C=C\C/C=C\CCC(=O)NCCOCCNC(=O)C(C)c1ccc(CC(C)C)cc1. The molecular formula is C39H58N2O3. The molecular weight excluding hydrogens is 544 g/mol. The van der Waals surface area contributed by atoms with Gasteiger partial charge >= 0.3 is 0 Å². The van der Waals surface area contributed by atoms with Crippen LogP contribution in [0.15, 0.2) is 97.2 Å². The number of allylic oxidation sites excluding steroid dienone is 12. The maximum Gasteiger partial charge on any atom is 0.227 e. The summed E-state index contributed by atoms with van der Waals surface area (Å²) in [5.74, 6) is 0.425. The fraction of sp³-hybridized carbons (Fsp3) is 0.487. The van der Waals surface area contributed by atoms with Gasteiger partial charge in [0.25, 0.3) is 0 Å². The zero-order valence-corrected chi connectivity index (χ0v) is 27.8. The van der Waals surface area contributed by atoms with Crippen molar-refractivity contribution >= 4 is 11.8 Å². The Kier molecular flexibility index (Phi) is 23.8. The molecule has 0 aliphatic heterocycles. The molecule has 2 amide bonds. The van der Waals surface area contributed by atoms with E-state index in [1.54, 1.807) is 0 Å². The Morgan fingerprint density at radius 1 is 0.682 bits per heavy atom. The van der Waals surface area contributed by atoms with Crippen molar-refractivity contribution in [2.24, 2.45) is 5.92 Å². The number of ether oxygens (including phenoxy) is 1. The summed E-state index contributed by atoms with van der Waals surface area (Å²) in [6, 6.07) is 8.31. The fourth-order valence-electron chi connectivity index (χ4n) is 4.27. The summed E-state index contributed by atoms with van der Waals surface area (Å²) in [6.45, 7) is 10.2. The number of hydrogen-bond donors (Lipinski definition) is 2. The molecule has 1 aromatic rings. The number of amides is 2. The van der Waals surface area contributed by atoms with E-state index < -0.39 is 0 Å². The van der Waals surface area contributed by atoms with Gasteiger partial charge in [-0.2, -0.15) is 0 Å². The highest BCUT2D eigenvalue weighted by Gasteiger charge is 2.14. The zero-order valence-electron chi connectivity index (χ0n) is 27.8. The van der Waals surface area contributed by atoms with Crippen LogP contribution in [0, 0.1) is 5.92 Å². The van der Waals surface area contributed by atoms with Crippen LogP contribution < -0.4 is 10.6 Å². The van der Waals surface area contributed by atoms with Crippen LogP contribution in [0.5, 0.6) is 0 Å². The first-order chi connectivity index (χ1) is 21.4. The van der Waals surface area contributed by atoms with Crippen LogP contribution in [0.1, 0.15) is 96.1 Å². The number of carbonyl (C=O) groups excluding carboxylic acids is 2. The Hall–Kier alpha value is -3.44. The molecule has 1 unspecified atom stereocenters. The minimum Gasteiger partial charge on any atom is -0.378 e. The Balaban J connectivity index is 1.99. The summed E-state index contributed by atoms with van der Waals surface area (Å²) >= 11 is 0. The molecule has 44 heavy (non-hydrogen) atoms. The van der Waals surface area contributed by atoms with Crippen molar-refractivity contribution in [3.8, 4) is 0 Å². The van der Waals surface area contributed by atoms with E-state index in [2.05, 4.69) is 116 Å². The molecule has 0 heterocycles. The van der Waals surface area contributed by atoms with Gasteiger partial charge < -0.3 is 15.4 Å². The number of rotatable bonds is 24. The van der Waals surface area contributed by atoms with Crippen LogP contribution in [-0.2, 0) is 20.7 Å². The summed E-state index contributed by atoms with van der Waals surface area (Å²) in [6.07, 6.45) is 34.2. The lowest BCUT2D eigenvalue weighted by Gasteiger charge is -2.14. The fourth-order valence-corrected chi connectivity index (χ4v) is 4.27. The van der Waals surface area contributed by atoms with Crippen LogP contribution in [0.4, 0.5) is 0 Å². The molecule has 0 aliphatic carbocycles. The maximum atomic E-state index is 12.5. The predicted molar refractivity (Wildman–Crippen MR) is 188 cm³/mol. The maximum absolute atomic E-state index is 12.5. The minimum atomic E-state index is -0.205. The van der Waals surface area contributed by atoms with Crippen LogP contribution >= 0.6 is 0 Å². The molecule has 0 fully saturated rings. The molecule has 2 N–H and O–H groups in total. The molecule has 1 rings (SSSR count). The number of carbonyl (C=O) groups is 2. The van der Waals surface area contributed by atoms with Gasteiger partial charge in [-0.05, 0) is 75.3 Å². The topological polar surface area (TPSA) is 67.4 Å². The van der Waals surface area contributed by atoms with Crippen molar-refractivity contribution < 1.29 is 14.3 Å². The van der Waals surface area contributed by atoms with E-state index in [0.29, 0.717) is 38.6 Å². The van der Waals surface area contributed by atoms with Gasteiger partial charge in [0.2, 0.25) is 11.8 Å². The lowest BCUT2D eigenvalue weighted by molar-refractivity contribution is -0.122. The van der Waals surface area contributed by atoms with Gasteiger partial charge in [-0.3, -0.25) is 9.59 Å². The average molecular weight is 603 g/mol. The van der Waals surface area contributed by atoms with Crippen molar-refractivity contribution in [1.29, 1.82) is 0 Å². The Morgan fingerprint density at radius 2 is 1.16 bits per heavy atom. The quantitative estimate of drug-likeness (QED) is 0.0919. The monoisotopic (exact) mass is 602 g/mol. The van der Waals surface area contributed by atoms with Gasteiger partial charge in [0.1, 0.15) is 0 Å². The molecule has 242 valence electrons. The van der Waals surface area contributed by atoms with E-state index in [1.807, 2.05) is 19.1 Å². The summed E-state index contributed by atoms with van der Waals surface area (Å²) in [4.78, 5) is 24.4. The lowest BCUT2D eigenvalue weighted by Crippen LogP contribution is -2.32. The second kappa shape index (κ2) is 27.1. The Morgan fingerprint density at radius 3 is 1.66 bits per heavy atom. The van der Waals surface area contributed by atoms with Gasteiger partial charge in [-0.15, -0.1) is 0 Å². The third-order valence-corrected chi connectivity index (χ3v) is 6.77. The molecule has 0 bridgehead atoms. The molecule has 1 aromatic carbocycles. The van der Waals surface area contributed by atoms with Crippen molar-refractivity contribution in [2.45, 2.75) is 91.4 Å². The van der Waals surface area contributed by atoms with E-state index in [1.165, 1.54) is 5.56 Å². The van der Waals surface area contributed by atoms with Crippen molar-refractivity contribution in [3.63, 3.8) is 0 Å². The van der Waals surface area contributed by atoms with E-state index in [0.717, 1.165) is 56.9 Å². The van der Waals surface area contributed by atoms with E-state index in [9.17, 15) is 9.59 Å². The molecule has 0 spiro atoms. The van der Waals surface area contributed by atoms with Crippen LogP contribution in [0.2, 0.25) is 0 Å².